The molecule has 1 N–H and O–H groups in total. The lowest BCUT2D eigenvalue weighted by atomic mass is 10.1. The number of nitrogens with one attached hydrogen (secondary N) is 1. The maximum Gasteiger partial charge on any atom is 0.157 e. The fourth-order valence-corrected chi connectivity index (χ4v) is 3.82. The van der Waals surface area contributed by atoms with Crippen LogP contribution in [0.25, 0.3) is 0 Å². The topological polar surface area (TPSA) is 27.6 Å². The number of aliphatic imine (C=N–C) groups is 1. The molecule has 0 saturated heterocycles. The molecule has 0 aromatic heterocycles. The van der Waals surface area contributed by atoms with Gasteiger partial charge in [0.1, 0.15) is 0 Å². The summed E-state index contributed by atoms with van der Waals surface area (Å²) >= 11 is 1.93. The van der Waals surface area contributed by atoms with Crippen LogP contribution in [-0.2, 0) is 0 Å². The quantitative estimate of drug-likeness (QED) is 0.834. The Hall–Kier alpha value is -0.220. The Kier molecular flexibility index (Phi) is 4.74. The van der Waals surface area contributed by atoms with Crippen molar-refractivity contribution in [2.75, 3.05) is 26.4 Å². The highest BCUT2D eigenvalue weighted by Gasteiger charge is 2.31. The number of hydrogen-bond acceptors (Lipinski definition) is 4. The van der Waals surface area contributed by atoms with E-state index in [4.69, 9.17) is 4.99 Å². The van der Waals surface area contributed by atoms with E-state index < -0.39 is 0 Å². The molecule has 1 aliphatic carbocycles. The molecule has 2 aliphatic rings. The van der Waals surface area contributed by atoms with E-state index in [1.165, 1.54) is 36.6 Å². The molecule has 0 amide bonds. The van der Waals surface area contributed by atoms with Gasteiger partial charge >= 0.3 is 0 Å². The van der Waals surface area contributed by atoms with Crippen LogP contribution in [0.5, 0.6) is 0 Å². The lowest BCUT2D eigenvalue weighted by Crippen LogP contribution is -2.37. The van der Waals surface area contributed by atoms with Crippen molar-refractivity contribution in [3.63, 3.8) is 0 Å². The standard InChI is InChI=1S/C13H25N3S/c1-10(7-8-16(2)3)14-13-15-12-6-4-5-11(12)9-17-13/h10-12H,4-9H2,1-3H3,(H,14,15). The summed E-state index contributed by atoms with van der Waals surface area (Å²) in [7, 11) is 4.26. The van der Waals surface area contributed by atoms with Crippen molar-refractivity contribution in [3.05, 3.63) is 0 Å². The molecule has 3 nitrogen and oxygen atoms in total. The molecule has 3 unspecified atom stereocenters. The van der Waals surface area contributed by atoms with Crippen LogP contribution in [0.15, 0.2) is 4.99 Å². The summed E-state index contributed by atoms with van der Waals surface area (Å²) < 4.78 is 0. The van der Waals surface area contributed by atoms with Crippen LogP contribution in [0, 0.1) is 5.92 Å². The Morgan fingerprint density at radius 3 is 3.06 bits per heavy atom. The third-order valence-corrected chi connectivity index (χ3v) is 4.81. The van der Waals surface area contributed by atoms with Crippen LogP contribution in [0.4, 0.5) is 0 Å². The number of amidine groups is 1. The fourth-order valence-electron chi connectivity index (χ4n) is 2.57. The van der Waals surface area contributed by atoms with Gasteiger partial charge in [0.05, 0.1) is 6.04 Å². The Morgan fingerprint density at radius 1 is 1.47 bits per heavy atom. The number of hydrogen-bond donors (Lipinski definition) is 1. The van der Waals surface area contributed by atoms with E-state index >= 15 is 0 Å². The number of thioether (sulfide) groups is 1. The second-order valence-corrected chi connectivity index (χ2v) is 6.65. The molecule has 17 heavy (non-hydrogen) atoms. The lowest BCUT2D eigenvalue weighted by Gasteiger charge is -2.26. The molecule has 1 aliphatic heterocycles. The summed E-state index contributed by atoms with van der Waals surface area (Å²) in [4.78, 5) is 7.10. The number of fused-ring (bicyclic) bond motifs is 1. The predicted octanol–water partition coefficient (Wildman–Crippen LogP) is 2.19. The molecule has 0 bridgehead atoms. The van der Waals surface area contributed by atoms with Gasteiger partial charge in [0, 0.05) is 11.8 Å². The van der Waals surface area contributed by atoms with E-state index in [0.29, 0.717) is 12.1 Å². The van der Waals surface area contributed by atoms with Crippen molar-refractivity contribution in [1.29, 1.82) is 0 Å². The third kappa shape index (κ3) is 3.88. The van der Waals surface area contributed by atoms with E-state index in [9.17, 15) is 0 Å². The Balaban J connectivity index is 1.78. The minimum absolute atomic E-state index is 0.529. The Labute approximate surface area is 109 Å². The normalized spacial score (nSPS) is 30.0. The molecule has 1 heterocycles. The molecule has 2 rings (SSSR count). The van der Waals surface area contributed by atoms with Crippen LogP contribution >= 0.6 is 11.8 Å². The van der Waals surface area contributed by atoms with Gasteiger partial charge in [-0.3, -0.25) is 4.99 Å². The van der Waals surface area contributed by atoms with E-state index in [1.807, 2.05) is 11.8 Å². The first kappa shape index (κ1) is 13.2. The number of nitrogens with zero attached hydrogens (tertiary/aromatic N) is 2. The molecule has 0 radical (unpaired) electrons. The minimum Gasteiger partial charge on any atom is -0.362 e. The molecule has 0 aromatic rings. The molecule has 1 saturated carbocycles. The molecule has 0 aromatic carbocycles. The first-order valence-electron chi connectivity index (χ1n) is 6.77. The van der Waals surface area contributed by atoms with Crippen LogP contribution in [0.1, 0.15) is 32.6 Å². The molecule has 1 fully saturated rings. The van der Waals surface area contributed by atoms with Gasteiger partial charge in [0.2, 0.25) is 0 Å². The highest BCUT2D eigenvalue weighted by Crippen LogP contribution is 2.35. The highest BCUT2D eigenvalue weighted by molar-refractivity contribution is 8.13. The zero-order chi connectivity index (χ0) is 12.3. The molecule has 0 spiro atoms. The van der Waals surface area contributed by atoms with E-state index in [2.05, 4.69) is 31.2 Å². The summed E-state index contributed by atoms with van der Waals surface area (Å²) in [5.74, 6) is 2.14. The van der Waals surface area contributed by atoms with Gasteiger partial charge in [-0.05, 0) is 52.7 Å². The summed E-state index contributed by atoms with van der Waals surface area (Å²) in [5, 5.41) is 4.77. The van der Waals surface area contributed by atoms with Crippen molar-refractivity contribution in [1.82, 2.24) is 10.2 Å². The Morgan fingerprint density at radius 2 is 2.29 bits per heavy atom. The van der Waals surface area contributed by atoms with Gasteiger partial charge in [-0.15, -0.1) is 0 Å². The lowest BCUT2D eigenvalue weighted by molar-refractivity contribution is 0.379. The molecular formula is C13H25N3S. The van der Waals surface area contributed by atoms with E-state index in [1.54, 1.807) is 0 Å². The smallest absolute Gasteiger partial charge is 0.157 e. The molecular weight excluding hydrogens is 230 g/mol. The zero-order valence-electron chi connectivity index (χ0n) is 11.3. The van der Waals surface area contributed by atoms with Crippen LogP contribution in [0.2, 0.25) is 0 Å². The average molecular weight is 255 g/mol. The van der Waals surface area contributed by atoms with Gasteiger partial charge < -0.3 is 10.2 Å². The van der Waals surface area contributed by atoms with Gasteiger partial charge in [-0.25, -0.2) is 0 Å². The fraction of sp³-hybridized carbons (Fsp3) is 0.923. The monoisotopic (exact) mass is 255 g/mol. The third-order valence-electron chi connectivity index (χ3n) is 3.72. The summed E-state index contributed by atoms with van der Waals surface area (Å²) in [6.07, 6.45) is 5.26. The van der Waals surface area contributed by atoms with Gasteiger partial charge in [-0.2, -0.15) is 0 Å². The van der Waals surface area contributed by atoms with Crippen LogP contribution in [-0.4, -0.2) is 48.5 Å². The summed E-state index contributed by atoms with van der Waals surface area (Å²) in [5.41, 5.74) is 0. The van der Waals surface area contributed by atoms with E-state index in [-0.39, 0.29) is 0 Å². The summed E-state index contributed by atoms with van der Waals surface area (Å²) in [6.45, 7) is 3.39. The SMILES string of the molecule is CC(CCN(C)C)NC1=NC2CCCC2CS1. The number of rotatable bonds is 4. The highest BCUT2D eigenvalue weighted by atomic mass is 32.2. The van der Waals surface area contributed by atoms with Crippen molar-refractivity contribution >= 4 is 16.9 Å². The van der Waals surface area contributed by atoms with E-state index in [0.717, 1.165) is 12.5 Å². The first-order chi connectivity index (χ1) is 8.15. The second-order valence-electron chi connectivity index (χ2n) is 5.64. The van der Waals surface area contributed by atoms with Crippen molar-refractivity contribution < 1.29 is 0 Å². The van der Waals surface area contributed by atoms with Crippen molar-refractivity contribution in [2.24, 2.45) is 10.9 Å². The molecule has 4 heteroatoms. The first-order valence-corrected chi connectivity index (χ1v) is 7.75. The maximum atomic E-state index is 4.87. The van der Waals surface area contributed by atoms with Crippen LogP contribution in [0.3, 0.4) is 0 Å². The molecule has 98 valence electrons. The van der Waals surface area contributed by atoms with Gasteiger partial charge in [0.25, 0.3) is 0 Å². The van der Waals surface area contributed by atoms with Crippen molar-refractivity contribution in [2.45, 2.75) is 44.7 Å². The average Bonchev–Trinajstić information content (AvgIpc) is 2.73. The zero-order valence-corrected chi connectivity index (χ0v) is 12.1. The largest absolute Gasteiger partial charge is 0.362 e. The van der Waals surface area contributed by atoms with Crippen molar-refractivity contribution in [3.8, 4) is 0 Å². The van der Waals surface area contributed by atoms with Gasteiger partial charge in [0.15, 0.2) is 5.17 Å². The minimum atomic E-state index is 0.529. The predicted molar refractivity (Wildman–Crippen MR) is 76.8 cm³/mol. The summed E-state index contributed by atoms with van der Waals surface area (Å²) in [6, 6.07) is 1.15. The van der Waals surface area contributed by atoms with Crippen LogP contribution < -0.4 is 5.32 Å². The second kappa shape index (κ2) is 6.10. The van der Waals surface area contributed by atoms with Gasteiger partial charge in [-0.1, -0.05) is 18.2 Å². The maximum absolute atomic E-state index is 4.87. The molecule has 3 atom stereocenters. The Bertz CT molecular complexity index is 278.